The Balaban J connectivity index is 2.31. The van der Waals surface area contributed by atoms with Crippen LogP contribution in [0.3, 0.4) is 0 Å². The minimum absolute atomic E-state index is 0.0317. The third-order valence-corrected chi connectivity index (χ3v) is 3.31. The Morgan fingerprint density at radius 2 is 1.13 bits per heavy atom. The molecule has 3 rings (SSSR count). The summed E-state index contributed by atoms with van der Waals surface area (Å²) >= 11 is 0. The molecule has 0 radical (unpaired) electrons. The van der Waals surface area contributed by atoms with E-state index in [1.54, 1.807) is 0 Å². The molecule has 0 aliphatic rings. The Labute approximate surface area is 128 Å². The summed E-state index contributed by atoms with van der Waals surface area (Å²) in [6.07, 6.45) is 0. The van der Waals surface area contributed by atoms with E-state index in [1.165, 1.54) is 0 Å². The van der Waals surface area contributed by atoms with Crippen LogP contribution < -0.4 is 0 Å². The molecule has 0 aliphatic heterocycles. The van der Waals surface area contributed by atoms with Gasteiger partial charge in [0.2, 0.25) is 11.5 Å². The number of benzene rings is 2. The van der Waals surface area contributed by atoms with Gasteiger partial charge in [-0.3, -0.25) is 0 Å². The van der Waals surface area contributed by atoms with Crippen LogP contribution >= 0.6 is 0 Å². The summed E-state index contributed by atoms with van der Waals surface area (Å²) in [5.41, 5.74) is -0.0399. The van der Waals surface area contributed by atoms with Crippen molar-refractivity contribution in [1.82, 2.24) is 0 Å². The third-order valence-electron chi connectivity index (χ3n) is 3.31. The molecule has 0 saturated heterocycles. The molecule has 7 N–H and O–H groups in total. The van der Waals surface area contributed by atoms with Crippen LogP contribution in [0.1, 0.15) is 0 Å². The molecule has 0 bridgehead atoms. The highest BCUT2D eigenvalue weighted by Crippen LogP contribution is 2.46. The van der Waals surface area contributed by atoms with Gasteiger partial charge in [-0.25, -0.2) is 4.42 Å². The van der Waals surface area contributed by atoms with Gasteiger partial charge in [-0.1, -0.05) is 0 Å². The van der Waals surface area contributed by atoms with Gasteiger partial charge in [0, 0.05) is 18.2 Å². The van der Waals surface area contributed by atoms with Crippen LogP contribution in [-0.4, -0.2) is 35.7 Å². The Kier molecular flexibility index (Phi) is 2.96. The van der Waals surface area contributed by atoms with Gasteiger partial charge in [-0.2, -0.15) is 0 Å². The molecular formula is C15H11O8+. The molecule has 0 saturated carbocycles. The van der Waals surface area contributed by atoms with Gasteiger partial charge in [0.05, 0.1) is 11.6 Å². The lowest BCUT2D eigenvalue weighted by Gasteiger charge is -2.04. The van der Waals surface area contributed by atoms with Gasteiger partial charge < -0.3 is 35.7 Å². The summed E-state index contributed by atoms with van der Waals surface area (Å²) in [6.45, 7) is 0. The van der Waals surface area contributed by atoms with Crippen molar-refractivity contribution in [3.05, 3.63) is 24.3 Å². The smallest absolute Gasteiger partial charge is 0.402 e. The SMILES string of the molecule is Oc1cc2c(O)c(O)c(O)cc2[o+]c1-c1cc(O)c(O)c(O)c1. The van der Waals surface area contributed by atoms with Gasteiger partial charge in [0.15, 0.2) is 28.7 Å². The quantitative estimate of drug-likeness (QED) is 0.266. The van der Waals surface area contributed by atoms with Gasteiger partial charge in [-0.15, -0.1) is 0 Å². The van der Waals surface area contributed by atoms with Crippen molar-refractivity contribution < 1.29 is 40.2 Å². The number of rotatable bonds is 1. The van der Waals surface area contributed by atoms with Crippen LogP contribution in [0.5, 0.6) is 40.2 Å². The van der Waals surface area contributed by atoms with E-state index in [2.05, 4.69) is 0 Å². The minimum Gasteiger partial charge on any atom is -0.504 e. The molecule has 0 unspecified atom stereocenters. The second kappa shape index (κ2) is 4.73. The van der Waals surface area contributed by atoms with Crippen LogP contribution in [-0.2, 0) is 0 Å². The molecule has 23 heavy (non-hydrogen) atoms. The summed E-state index contributed by atoms with van der Waals surface area (Å²) < 4.78 is 5.36. The van der Waals surface area contributed by atoms with E-state index in [0.717, 1.165) is 24.3 Å². The number of fused-ring (bicyclic) bond motifs is 1. The first kappa shape index (κ1) is 14.4. The van der Waals surface area contributed by atoms with Crippen molar-refractivity contribution in [1.29, 1.82) is 0 Å². The van der Waals surface area contributed by atoms with Crippen LogP contribution in [0, 0.1) is 0 Å². The lowest BCUT2D eigenvalue weighted by atomic mass is 10.1. The van der Waals surface area contributed by atoms with Crippen molar-refractivity contribution in [2.24, 2.45) is 0 Å². The molecule has 8 nitrogen and oxygen atoms in total. The van der Waals surface area contributed by atoms with E-state index in [-0.39, 0.29) is 22.3 Å². The average molecular weight is 319 g/mol. The number of aromatic hydroxyl groups is 7. The fourth-order valence-electron chi connectivity index (χ4n) is 2.17. The Bertz CT molecular complexity index is 925. The molecule has 3 aromatic rings. The number of hydrogen-bond donors (Lipinski definition) is 7. The first-order chi connectivity index (χ1) is 10.8. The molecule has 0 atom stereocenters. The van der Waals surface area contributed by atoms with E-state index in [1.807, 2.05) is 0 Å². The minimum atomic E-state index is -0.764. The maximum atomic E-state index is 10.0. The molecule has 1 heterocycles. The van der Waals surface area contributed by atoms with E-state index >= 15 is 0 Å². The Morgan fingerprint density at radius 3 is 1.74 bits per heavy atom. The predicted octanol–water partition coefficient (Wildman–Crippen LogP) is 2.32. The van der Waals surface area contributed by atoms with Crippen molar-refractivity contribution >= 4 is 11.0 Å². The zero-order valence-electron chi connectivity index (χ0n) is 11.3. The molecule has 2 aromatic carbocycles. The molecular weight excluding hydrogens is 308 g/mol. The Hall–Kier alpha value is -3.55. The summed E-state index contributed by atoms with van der Waals surface area (Å²) in [7, 11) is 0. The maximum Gasteiger partial charge on any atom is 0.402 e. The molecule has 0 amide bonds. The molecule has 0 aliphatic carbocycles. The van der Waals surface area contributed by atoms with E-state index < -0.39 is 40.2 Å². The van der Waals surface area contributed by atoms with Crippen LogP contribution in [0.4, 0.5) is 0 Å². The second-order valence-corrected chi connectivity index (χ2v) is 4.83. The van der Waals surface area contributed by atoms with Crippen molar-refractivity contribution in [2.75, 3.05) is 0 Å². The third kappa shape index (κ3) is 2.13. The lowest BCUT2D eigenvalue weighted by molar-refractivity contribution is 0.367. The first-order valence-corrected chi connectivity index (χ1v) is 6.28. The number of phenolic OH excluding ortho intramolecular Hbond substituents is 6. The van der Waals surface area contributed by atoms with E-state index in [0.29, 0.717) is 0 Å². The normalized spacial score (nSPS) is 11.0. The highest BCUT2D eigenvalue weighted by Gasteiger charge is 2.27. The lowest BCUT2D eigenvalue weighted by Crippen LogP contribution is -1.84. The van der Waals surface area contributed by atoms with E-state index in [9.17, 15) is 35.7 Å². The maximum absolute atomic E-state index is 10.0. The average Bonchev–Trinajstić information content (AvgIpc) is 2.50. The predicted molar refractivity (Wildman–Crippen MR) is 77.7 cm³/mol. The van der Waals surface area contributed by atoms with Crippen molar-refractivity contribution in [3.8, 4) is 51.6 Å². The number of phenols is 6. The summed E-state index contributed by atoms with van der Waals surface area (Å²) in [5, 5.41) is 67.1. The fraction of sp³-hybridized carbons (Fsp3) is 0. The number of hydrogen-bond acceptors (Lipinski definition) is 7. The van der Waals surface area contributed by atoms with Crippen LogP contribution in [0.2, 0.25) is 0 Å². The largest absolute Gasteiger partial charge is 0.504 e. The summed E-state index contributed by atoms with van der Waals surface area (Å²) in [5.74, 6) is -4.74. The fourth-order valence-corrected chi connectivity index (χ4v) is 2.17. The first-order valence-electron chi connectivity index (χ1n) is 6.28. The molecule has 1 aromatic heterocycles. The topological polar surface area (TPSA) is 153 Å². The standard InChI is InChI=1S/C15H10O8/c16-7-1-5(2-8(17)13(7)21)15-10(19)3-6-11(23-15)4-9(18)14(22)12(6)20/h1-4H,(H6-,16,17,18,19,20,21,22)/p+1. The van der Waals surface area contributed by atoms with E-state index in [4.69, 9.17) is 4.42 Å². The highest BCUT2D eigenvalue weighted by atomic mass is 16.4. The van der Waals surface area contributed by atoms with Gasteiger partial charge in [0.25, 0.3) is 0 Å². The van der Waals surface area contributed by atoms with Crippen molar-refractivity contribution in [2.45, 2.75) is 0 Å². The summed E-state index contributed by atoms with van der Waals surface area (Å²) in [6, 6.07) is 4.18. The Morgan fingerprint density at radius 1 is 0.565 bits per heavy atom. The van der Waals surface area contributed by atoms with Crippen LogP contribution in [0.15, 0.2) is 28.7 Å². The van der Waals surface area contributed by atoms with Crippen molar-refractivity contribution in [3.63, 3.8) is 0 Å². The monoisotopic (exact) mass is 319 g/mol. The molecule has 0 fully saturated rings. The molecule has 0 spiro atoms. The second-order valence-electron chi connectivity index (χ2n) is 4.83. The zero-order valence-corrected chi connectivity index (χ0v) is 11.3. The van der Waals surface area contributed by atoms with Crippen LogP contribution in [0.25, 0.3) is 22.3 Å². The summed E-state index contributed by atoms with van der Waals surface area (Å²) in [4.78, 5) is 0. The van der Waals surface area contributed by atoms with Gasteiger partial charge in [0.1, 0.15) is 5.39 Å². The highest BCUT2D eigenvalue weighted by molar-refractivity contribution is 5.91. The van der Waals surface area contributed by atoms with Gasteiger partial charge >= 0.3 is 11.3 Å². The molecule has 8 heteroatoms. The zero-order chi connectivity index (χ0) is 16.9. The van der Waals surface area contributed by atoms with Gasteiger partial charge in [-0.05, 0) is 0 Å². The molecule has 118 valence electrons.